The summed E-state index contributed by atoms with van der Waals surface area (Å²) in [6, 6.07) is 4.83. The number of hydrogen-bond acceptors (Lipinski definition) is 3. The number of amides is 1. The molecule has 0 heterocycles. The standard InChI is InChI=1S/C12H17BrN2O2.ClH/c1-3-6-12(2,14)11(17)15-9-7-8(13)4-5-10(9)16;/h4-5,7,16H,3,6,14H2,1-2H3,(H,15,17);1H. The first-order valence-electron chi connectivity index (χ1n) is 5.45. The maximum Gasteiger partial charge on any atom is 0.244 e. The van der Waals surface area contributed by atoms with Crippen molar-refractivity contribution in [2.75, 3.05) is 5.32 Å². The van der Waals surface area contributed by atoms with Gasteiger partial charge in [-0.25, -0.2) is 0 Å². The summed E-state index contributed by atoms with van der Waals surface area (Å²) in [5.74, 6) is -0.276. The Bertz CT molecular complexity index is 425. The van der Waals surface area contributed by atoms with Crippen LogP contribution >= 0.6 is 28.3 Å². The van der Waals surface area contributed by atoms with Crippen molar-refractivity contribution in [1.29, 1.82) is 0 Å². The van der Waals surface area contributed by atoms with Gasteiger partial charge in [0.2, 0.25) is 5.91 Å². The van der Waals surface area contributed by atoms with Gasteiger partial charge in [-0.2, -0.15) is 0 Å². The molecular weight excluding hydrogens is 320 g/mol. The number of carbonyl (C=O) groups excluding carboxylic acids is 1. The zero-order valence-electron chi connectivity index (χ0n) is 10.4. The number of phenols is 1. The minimum absolute atomic E-state index is 0. The van der Waals surface area contributed by atoms with Crippen LogP contribution in [-0.2, 0) is 4.79 Å². The molecule has 1 aromatic rings. The third-order valence-corrected chi connectivity index (χ3v) is 2.99. The Morgan fingerprint density at radius 2 is 2.17 bits per heavy atom. The van der Waals surface area contributed by atoms with Crippen molar-refractivity contribution in [3.63, 3.8) is 0 Å². The lowest BCUT2D eigenvalue weighted by Gasteiger charge is -2.23. The molecular formula is C12H18BrClN2O2. The first kappa shape index (κ1) is 17.2. The maximum atomic E-state index is 11.9. The molecule has 0 aromatic heterocycles. The van der Waals surface area contributed by atoms with E-state index in [1.165, 1.54) is 6.07 Å². The lowest BCUT2D eigenvalue weighted by atomic mass is 9.96. The highest BCUT2D eigenvalue weighted by Crippen LogP contribution is 2.27. The molecule has 1 atom stereocenters. The van der Waals surface area contributed by atoms with E-state index >= 15 is 0 Å². The van der Waals surface area contributed by atoms with Crippen LogP contribution in [0.25, 0.3) is 0 Å². The molecule has 0 fully saturated rings. The van der Waals surface area contributed by atoms with Crippen LogP contribution in [0.4, 0.5) is 5.69 Å². The molecule has 4 nitrogen and oxygen atoms in total. The summed E-state index contributed by atoms with van der Waals surface area (Å²) in [4.78, 5) is 11.9. The topological polar surface area (TPSA) is 75.4 Å². The number of nitrogens with one attached hydrogen (secondary N) is 1. The molecule has 0 radical (unpaired) electrons. The van der Waals surface area contributed by atoms with Crippen molar-refractivity contribution in [2.24, 2.45) is 5.73 Å². The van der Waals surface area contributed by atoms with Gasteiger partial charge in [0.15, 0.2) is 0 Å². The third kappa shape index (κ3) is 4.48. The maximum absolute atomic E-state index is 11.9. The van der Waals surface area contributed by atoms with Gasteiger partial charge >= 0.3 is 0 Å². The van der Waals surface area contributed by atoms with E-state index in [9.17, 15) is 9.90 Å². The lowest BCUT2D eigenvalue weighted by Crippen LogP contribution is -2.48. The van der Waals surface area contributed by atoms with E-state index in [1.54, 1.807) is 19.1 Å². The van der Waals surface area contributed by atoms with E-state index in [1.807, 2.05) is 6.92 Å². The van der Waals surface area contributed by atoms with Crippen LogP contribution < -0.4 is 11.1 Å². The Balaban J connectivity index is 0.00000289. The molecule has 6 heteroatoms. The molecule has 0 saturated carbocycles. The van der Waals surface area contributed by atoms with Gasteiger partial charge in [-0.15, -0.1) is 12.4 Å². The number of rotatable bonds is 4. The summed E-state index contributed by atoms with van der Waals surface area (Å²) < 4.78 is 0.778. The normalized spacial score (nSPS) is 13.3. The fourth-order valence-corrected chi connectivity index (χ4v) is 1.87. The smallest absolute Gasteiger partial charge is 0.244 e. The average molecular weight is 338 g/mol. The highest BCUT2D eigenvalue weighted by Gasteiger charge is 2.27. The number of aromatic hydroxyl groups is 1. The molecule has 1 rings (SSSR count). The van der Waals surface area contributed by atoms with Crippen molar-refractivity contribution in [3.05, 3.63) is 22.7 Å². The summed E-state index contributed by atoms with van der Waals surface area (Å²) in [7, 11) is 0. The van der Waals surface area contributed by atoms with Crippen LogP contribution in [-0.4, -0.2) is 16.6 Å². The van der Waals surface area contributed by atoms with Gasteiger partial charge in [-0.1, -0.05) is 29.3 Å². The predicted molar refractivity (Wildman–Crippen MR) is 79.2 cm³/mol. The van der Waals surface area contributed by atoms with Gasteiger partial charge in [0.25, 0.3) is 0 Å². The molecule has 1 unspecified atom stereocenters. The number of phenolic OH excluding ortho intramolecular Hbond substituents is 1. The fourth-order valence-electron chi connectivity index (χ4n) is 1.51. The molecule has 102 valence electrons. The van der Waals surface area contributed by atoms with Crippen LogP contribution in [0.2, 0.25) is 0 Å². The number of carbonyl (C=O) groups is 1. The summed E-state index contributed by atoms with van der Waals surface area (Å²) in [6.07, 6.45) is 1.42. The van der Waals surface area contributed by atoms with Crippen molar-refractivity contribution in [2.45, 2.75) is 32.2 Å². The van der Waals surface area contributed by atoms with E-state index in [-0.39, 0.29) is 24.1 Å². The van der Waals surface area contributed by atoms with Gasteiger partial charge in [0.1, 0.15) is 5.75 Å². The second-order valence-electron chi connectivity index (χ2n) is 4.28. The second-order valence-corrected chi connectivity index (χ2v) is 5.20. The molecule has 1 amide bonds. The average Bonchev–Trinajstić information content (AvgIpc) is 2.23. The van der Waals surface area contributed by atoms with Gasteiger partial charge in [0, 0.05) is 4.47 Å². The molecule has 0 aliphatic carbocycles. The minimum Gasteiger partial charge on any atom is -0.506 e. The summed E-state index contributed by atoms with van der Waals surface area (Å²) in [5, 5.41) is 12.2. The van der Waals surface area contributed by atoms with Crippen molar-refractivity contribution in [3.8, 4) is 5.75 Å². The molecule has 1 aromatic carbocycles. The van der Waals surface area contributed by atoms with Crippen molar-refractivity contribution in [1.82, 2.24) is 0 Å². The van der Waals surface area contributed by atoms with Crippen LogP contribution in [0.15, 0.2) is 22.7 Å². The van der Waals surface area contributed by atoms with Crippen molar-refractivity contribution < 1.29 is 9.90 Å². The van der Waals surface area contributed by atoms with Gasteiger partial charge in [-0.3, -0.25) is 4.79 Å². The monoisotopic (exact) mass is 336 g/mol. The molecule has 4 N–H and O–H groups in total. The SMILES string of the molecule is CCCC(C)(N)C(=O)Nc1cc(Br)ccc1O.Cl. The minimum atomic E-state index is -0.927. The Hall–Kier alpha value is -0.780. The largest absolute Gasteiger partial charge is 0.506 e. The highest BCUT2D eigenvalue weighted by atomic mass is 79.9. The Morgan fingerprint density at radius 3 is 2.72 bits per heavy atom. The van der Waals surface area contributed by atoms with E-state index in [4.69, 9.17) is 5.73 Å². The number of hydrogen-bond donors (Lipinski definition) is 3. The van der Waals surface area contributed by atoms with Crippen molar-refractivity contribution >= 4 is 39.9 Å². The van der Waals surface area contributed by atoms with Crippen LogP contribution in [0, 0.1) is 0 Å². The predicted octanol–water partition coefficient (Wildman–Crippen LogP) is 3.03. The quantitative estimate of drug-likeness (QED) is 0.739. The van der Waals surface area contributed by atoms with Crippen LogP contribution in [0.5, 0.6) is 5.75 Å². The fraction of sp³-hybridized carbons (Fsp3) is 0.417. The second kappa shape index (κ2) is 6.97. The number of halogens is 2. The first-order valence-corrected chi connectivity index (χ1v) is 6.25. The Morgan fingerprint density at radius 1 is 1.56 bits per heavy atom. The number of benzene rings is 1. The molecule has 0 saturated heterocycles. The molecule has 18 heavy (non-hydrogen) atoms. The van der Waals surface area contributed by atoms with E-state index < -0.39 is 5.54 Å². The van der Waals surface area contributed by atoms with Gasteiger partial charge in [0.05, 0.1) is 11.2 Å². The third-order valence-electron chi connectivity index (χ3n) is 2.49. The van der Waals surface area contributed by atoms with E-state index in [0.717, 1.165) is 10.9 Å². The number of nitrogens with two attached hydrogens (primary N) is 1. The van der Waals surface area contributed by atoms with E-state index in [2.05, 4.69) is 21.2 Å². The van der Waals surface area contributed by atoms with Gasteiger partial charge < -0.3 is 16.2 Å². The first-order chi connectivity index (χ1) is 7.86. The Labute approximate surface area is 121 Å². The number of anilines is 1. The molecule has 0 bridgehead atoms. The lowest BCUT2D eigenvalue weighted by molar-refractivity contribution is -0.120. The zero-order valence-corrected chi connectivity index (χ0v) is 12.8. The summed E-state index contributed by atoms with van der Waals surface area (Å²) in [5.41, 5.74) is 5.33. The van der Waals surface area contributed by atoms with E-state index in [0.29, 0.717) is 12.1 Å². The van der Waals surface area contributed by atoms with Gasteiger partial charge in [-0.05, 0) is 31.5 Å². The molecule has 0 spiro atoms. The van der Waals surface area contributed by atoms with Crippen LogP contribution in [0.1, 0.15) is 26.7 Å². The summed E-state index contributed by atoms with van der Waals surface area (Å²) in [6.45, 7) is 3.65. The molecule has 0 aliphatic rings. The highest BCUT2D eigenvalue weighted by molar-refractivity contribution is 9.10. The summed E-state index contributed by atoms with van der Waals surface area (Å²) >= 11 is 3.27. The zero-order chi connectivity index (χ0) is 13.1. The molecule has 0 aliphatic heterocycles. The Kier molecular flexibility index (Phi) is 6.67. The van der Waals surface area contributed by atoms with Crippen LogP contribution in [0.3, 0.4) is 0 Å².